The second-order valence-corrected chi connectivity index (χ2v) is 2.30. The van der Waals surface area contributed by atoms with Crippen LogP contribution in [0.5, 0.6) is 0 Å². The fourth-order valence-corrected chi connectivity index (χ4v) is 0.586. The molecule has 0 aliphatic rings. The Morgan fingerprint density at radius 1 is 1.25 bits per heavy atom. The zero-order valence-electron chi connectivity index (χ0n) is 7.62. The molecule has 0 fully saturated rings. The number of hydrogen-bond acceptors (Lipinski definition) is 4. The Morgan fingerprint density at radius 2 is 1.92 bits per heavy atom. The zero-order valence-corrected chi connectivity index (χ0v) is 7.62. The SMILES string of the molecule is [CH2]CC(N)OCCOCCOC. The van der Waals surface area contributed by atoms with Gasteiger partial charge in [0.2, 0.25) is 0 Å². The van der Waals surface area contributed by atoms with Crippen molar-refractivity contribution in [3.8, 4) is 0 Å². The third-order valence-corrected chi connectivity index (χ3v) is 1.28. The summed E-state index contributed by atoms with van der Waals surface area (Å²) in [4.78, 5) is 0. The molecule has 73 valence electrons. The van der Waals surface area contributed by atoms with Gasteiger partial charge in [-0.25, -0.2) is 0 Å². The molecule has 0 aliphatic heterocycles. The Kier molecular flexibility index (Phi) is 8.81. The molecule has 2 N–H and O–H groups in total. The van der Waals surface area contributed by atoms with Crippen LogP contribution in [0.3, 0.4) is 0 Å². The van der Waals surface area contributed by atoms with E-state index in [1.165, 1.54) is 0 Å². The van der Waals surface area contributed by atoms with Crippen LogP contribution in [0.1, 0.15) is 6.42 Å². The van der Waals surface area contributed by atoms with Crippen LogP contribution in [-0.4, -0.2) is 39.8 Å². The molecule has 4 nitrogen and oxygen atoms in total. The lowest BCUT2D eigenvalue weighted by molar-refractivity contribution is -0.00336. The highest BCUT2D eigenvalue weighted by molar-refractivity contribution is 4.48. The molecule has 1 atom stereocenters. The lowest BCUT2D eigenvalue weighted by Crippen LogP contribution is -2.24. The minimum Gasteiger partial charge on any atom is -0.382 e. The van der Waals surface area contributed by atoms with Crippen molar-refractivity contribution >= 4 is 0 Å². The molecular formula is C8H18NO3. The minimum absolute atomic E-state index is 0.268. The molecule has 0 saturated heterocycles. The van der Waals surface area contributed by atoms with Gasteiger partial charge in [0.25, 0.3) is 0 Å². The molecule has 0 aliphatic carbocycles. The second-order valence-electron chi connectivity index (χ2n) is 2.30. The third-order valence-electron chi connectivity index (χ3n) is 1.28. The van der Waals surface area contributed by atoms with E-state index in [1.54, 1.807) is 7.11 Å². The Balaban J connectivity index is 2.90. The van der Waals surface area contributed by atoms with E-state index in [0.717, 1.165) is 0 Å². The predicted octanol–water partition coefficient (Wildman–Crippen LogP) is 0.175. The lowest BCUT2D eigenvalue weighted by Gasteiger charge is -2.10. The van der Waals surface area contributed by atoms with Crippen LogP contribution in [-0.2, 0) is 14.2 Å². The average molecular weight is 176 g/mol. The molecule has 0 aromatic heterocycles. The van der Waals surface area contributed by atoms with Crippen molar-refractivity contribution in [2.75, 3.05) is 33.5 Å². The van der Waals surface area contributed by atoms with E-state index < -0.39 is 0 Å². The summed E-state index contributed by atoms with van der Waals surface area (Å²) < 4.78 is 15.1. The van der Waals surface area contributed by atoms with Crippen LogP contribution in [0.15, 0.2) is 0 Å². The second kappa shape index (κ2) is 8.93. The number of methoxy groups -OCH3 is 1. The van der Waals surface area contributed by atoms with Gasteiger partial charge in [-0.05, 0) is 13.3 Å². The highest BCUT2D eigenvalue weighted by atomic mass is 16.5. The molecule has 0 aromatic carbocycles. The Morgan fingerprint density at radius 3 is 2.50 bits per heavy atom. The van der Waals surface area contributed by atoms with Gasteiger partial charge >= 0.3 is 0 Å². The van der Waals surface area contributed by atoms with Crippen LogP contribution in [0.25, 0.3) is 0 Å². The van der Waals surface area contributed by atoms with Gasteiger partial charge in [0, 0.05) is 7.11 Å². The van der Waals surface area contributed by atoms with E-state index in [1.807, 2.05) is 0 Å². The van der Waals surface area contributed by atoms with Crippen molar-refractivity contribution in [1.29, 1.82) is 0 Å². The first kappa shape index (κ1) is 11.8. The van der Waals surface area contributed by atoms with E-state index in [4.69, 9.17) is 19.9 Å². The summed E-state index contributed by atoms with van der Waals surface area (Å²) in [5.41, 5.74) is 5.45. The highest BCUT2D eigenvalue weighted by Crippen LogP contribution is 1.88. The first-order valence-corrected chi connectivity index (χ1v) is 4.04. The van der Waals surface area contributed by atoms with Gasteiger partial charge in [0.1, 0.15) is 6.23 Å². The van der Waals surface area contributed by atoms with Crippen molar-refractivity contribution in [3.63, 3.8) is 0 Å². The fourth-order valence-electron chi connectivity index (χ4n) is 0.586. The molecule has 0 heterocycles. The normalized spacial score (nSPS) is 13.2. The Labute approximate surface area is 74.0 Å². The Bertz CT molecular complexity index is 90.4. The largest absolute Gasteiger partial charge is 0.382 e. The summed E-state index contributed by atoms with van der Waals surface area (Å²) in [5.74, 6) is 0. The van der Waals surface area contributed by atoms with Gasteiger partial charge in [-0.1, -0.05) is 0 Å². The van der Waals surface area contributed by atoms with Crippen LogP contribution in [0.2, 0.25) is 0 Å². The van der Waals surface area contributed by atoms with E-state index in [2.05, 4.69) is 6.92 Å². The van der Waals surface area contributed by atoms with E-state index in [9.17, 15) is 0 Å². The van der Waals surface area contributed by atoms with Crippen LogP contribution < -0.4 is 5.73 Å². The van der Waals surface area contributed by atoms with E-state index in [-0.39, 0.29) is 6.23 Å². The number of rotatable bonds is 8. The van der Waals surface area contributed by atoms with Gasteiger partial charge in [0.15, 0.2) is 0 Å². The standard InChI is InChI=1S/C8H18NO3/c1-3-8(9)12-7-6-11-5-4-10-2/h8H,1,3-7,9H2,2H3. The summed E-state index contributed by atoms with van der Waals surface area (Å²) in [6.45, 7) is 5.88. The monoisotopic (exact) mass is 176 g/mol. The molecule has 0 rings (SSSR count). The predicted molar refractivity (Wildman–Crippen MR) is 46.6 cm³/mol. The highest BCUT2D eigenvalue weighted by Gasteiger charge is 1.96. The van der Waals surface area contributed by atoms with E-state index in [0.29, 0.717) is 32.8 Å². The topological polar surface area (TPSA) is 53.7 Å². The smallest absolute Gasteiger partial charge is 0.105 e. The molecular weight excluding hydrogens is 158 g/mol. The van der Waals surface area contributed by atoms with Gasteiger partial charge in [-0.2, -0.15) is 0 Å². The minimum atomic E-state index is -0.268. The average Bonchev–Trinajstić information content (AvgIpc) is 2.10. The Hall–Kier alpha value is -0.160. The molecule has 4 heteroatoms. The molecule has 1 radical (unpaired) electrons. The maximum absolute atomic E-state index is 5.45. The molecule has 12 heavy (non-hydrogen) atoms. The van der Waals surface area contributed by atoms with Crippen molar-refractivity contribution in [2.24, 2.45) is 5.73 Å². The van der Waals surface area contributed by atoms with Crippen molar-refractivity contribution < 1.29 is 14.2 Å². The molecule has 1 unspecified atom stereocenters. The fraction of sp³-hybridized carbons (Fsp3) is 0.875. The number of hydrogen-bond donors (Lipinski definition) is 1. The molecule has 0 bridgehead atoms. The van der Waals surface area contributed by atoms with Crippen LogP contribution >= 0.6 is 0 Å². The van der Waals surface area contributed by atoms with Gasteiger partial charge in [0.05, 0.1) is 26.4 Å². The summed E-state index contributed by atoms with van der Waals surface area (Å²) in [7, 11) is 1.64. The summed E-state index contributed by atoms with van der Waals surface area (Å²) in [6.07, 6.45) is 0.314. The third kappa shape index (κ3) is 7.94. The number of nitrogens with two attached hydrogens (primary N) is 1. The van der Waals surface area contributed by atoms with Gasteiger partial charge in [-0.15, -0.1) is 0 Å². The van der Waals surface area contributed by atoms with Crippen molar-refractivity contribution in [1.82, 2.24) is 0 Å². The molecule has 0 spiro atoms. The molecule has 0 saturated carbocycles. The van der Waals surface area contributed by atoms with Crippen molar-refractivity contribution in [2.45, 2.75) is 12.6 Å². The quantitative estimate of drug-likeness (QED) is 0.423. The maximum Gasteiger partial charge on any atom is 0.105 e. The first-order chi connectivity index (χ1) is 5.81. The molecule has 0 aromatic rings. The molecule has 0 amide bonds. The zero-order chi connectivity index (χ0) is 9.23. The summed E-state index contributed by atoms with van der Waals surface area (Å²) >= 11 is 0. The van der Waals surface area contributed by atoms with Crippen LogP contribution in [0, 0.1) is 6.92 Å². The lowest BCUT2D eigenvalue weighted by atomic mass is 10.4. The van der Waals surface area contributed by atoms with Crippen LogP contribution in [0.4, 0.5) is 0 Å². The van der Waals surface area contributed by atoms with E-state index >= 15 is 0 Å². The summed E-state index contributed by atoms with van der Waals surface area (Å²) in [5, 5.41) is 0. The number of ether oxygens (including phenoxy) is 3. The van der Waals surface area contributed by atoms with Gasteiger partial charge < -0.3 is 19.9 Å². The first-order valence-electron chi connectivity index (χ1n) is 4.04. The maximum atomic E-state index is 5.45. The summed E-state index contributed by atoms with van der Waals surface area (Å²) in [6, 6.07) is 0. The van der Waals surface area contributed by atoms with Gasteiger partial charge in [-0.3, -0.25) is 0 Å². The van der Waals surface area contributed by atoms with Crippen molar-refractivity contribution in [3.05, 3.63) is 6.92 Å².